The second-order valence-electron chi connectivity index (χ2n) is 3.06. The van der Waals surface area contributed by atoms with Gasteiger partial charge < -0.3 is 5.11 Å². The van der Waals surface area contributed by atoms with E-state index >= 15 is 0 Å². The quantitative estimate of drug-likeness (QED) is 0.674. The zero-order chi connectivity index (χ0) is 9.26. The van der Waals surface area contributed by atoms with E-state index in [1.165, 1.54) is 0 Å². The molecule has 1 aliphatic carbocycles. The van der Waals surface area contributed by atoms with Gasteiger partial charge in [0.05, 0.1) is 23.1 Å². The van der Waals surface area contributed by atoms with Gasteiger partial charge in [-0.3, -0.25) is 4.99 Å². The molecular formula is C9H10ClNOS. The minimum atomic E-state index is -0.552. The summed E-state index contributed by atoms with van der Waals surface area (Å²) in [6, 6.07) is 0.231. The monoisotopic (exact) mass is 215 g/mol. The first kappa shape index (κ1) is 9.31. The molecule has 0 saturated carbocycles. The third kappa shape index (κ3) is 1.98. The van der Waals surface area contributed by atoms with Gasteiger partial charge >= 0.3 is 0 Å². The van der Waals surface area contributed by atoms with Crippen LogP contribution in [0, 0.1) is 0 Å². The zero-order valence-electron chi connectivity index (χ0n) is 6.93. The molecule has 3 unspecified atom stereocenters. The smallest absolute Gasteiger partial charge is 0.0923 e. The molecule has 70 valence electrons. The molecule has 0 aromatic rings. The van der Waals surface area contributed by atoms with Gasteiger partial charge in [0.25, 0.3) is 0 Å². The molecule has 0 fully saturated rings. The summed E-state index contributed by atoms with van der Waals surface area (Å²) in [5, 5.41) is 9.03. The molecule has 0 spiro atoms. The van der Waals surface area contributed by atoms with Crippen LogP contribution in [0.25, 0.3) is 0 Å². The predicted molar refractivity (Wildman–Crippen MR) is 57.6 cm³/mol. The Morgan fingerprint density at radius 1 is 1.62 bits per heavy atom. The first-order valence-electron chi connectivity index (χ1n) is 4.12. The summed E-state index contributed by atoms with van der Waals surface area (Å²) in [6.07, 6.45) is 4.98. The maximum atomic E-state index is 9.33. The van der Waals surface area contributed by atoms with Gasteiger partial charge in [0.2, 0.25) is 0 Å². The average molecular weight is 216 g/mol. The van der Waals surface area contributed by atoms with Crippen molar-refractivity contribution in [1.29, 1.82) is 0 Å². The van der Waals surface area contributed by atoms with Crippen molar-refractivity contribution in [2.45, 2.75) is 17.5 Å². The number of thioether (sulfide) groups is 1. The van der Waals surface area contributed by atoms with Gasteiger partial charge in [-0.2, -0.15) is 0 Å². The van der Waals surface area contributed by atoms with Crippen LogP contribution in [-0.2, 0) is 0 Å². The highest BCUT2D eigenvalue weighted by atomic mass is 35.5. The molecule has 1 N–H and O–H groups in total. The normalized spacial score (nSPS) is 38.0. The number of aliphatic hydroxyl groups excluding tert-OH is 1. The van der Waals surface area contributed by atoms with Crippen LogP contribution < -0.4 is 0 Å². The zero-order valence-corrected chi connectivity index (χ0v) is 8.50. The highest BCUT2D eigenvalue weighted by molar-refractivity contribution is 8.12. The summed E-state index contributed by atoms with van der Waals surface area (Å²) in [5.41, 5.74) is 2.99. The maximum Gasteiger partial charge on any atom is 0.0923 e. The molecule has 4 heteroatoms. The number of nitrogens with zero attached hydrogens (tertiary/aromatic N) is 1. The molecule has 0 amide bonds. The Hall–Kier alpha value is -0.250. The Morgan fingerprint density at radius 2 is 2.46 bits per heavy atom. The van der Waals surface area contributed by atoms with E-state index in [0.717, 1.165) is 11.3 Å². The second kappa shape index (κ2) is 3.86. The van der Waals surface area contributed by atoms with Crippen LogP contribution >= 0.6 is 23.4 Å². The fraction of sp³-hybridized carbons (Fsp3) is 0.444. The Balaban J connectivity index is 2.12. The van der Waals surface area contributed by atoms with E-state index in [9.17, 15) is 5.11 Å². The minimum Gasteiger partial charge on any atom is -0.387 e. The largest absolute Gasteiger partial charge is 0.387 e. The molecule has 3 atom stereocenters. The number of rotatable bonds is 1. The van der Waals surface area contributed by atoms with Crippen molar-refractivity contribution in [2.75, 3.05) is 5.75 Å². The standard InChI is InChI=1S/C9H10ClNOS/c10-7-3-6(1-2-9(7)12)8-4-13-5-11-8/h1-3,5,7-9,12H,4H2. The lowest BCUT2D eigenvalue weighted by Crippen LogP contribution is -2.22. The number of halogens is 1. The van der Waals surface area contributed by atoms with Crippen LogP contribution in [0.3, 0.4) is 0 Å². The molecule has 0 aromatic carbocycles. The van der Waals surface area contributed by atoms with Crippen LogP contribution in [0.15, 0.2) is 28.8 Å². The van der Waals surface area contributed by atoms with Crippen LogP contribution in [-0.4, -0.2) is 33.9 Å². The summed E-state index contributed by atoms with van der Waals surface area (Å²) in [4.78, 5) is 4.30. The first-order chi connectivity index (χ1) is 6.27. The van der Waals surface area contributed by atoms with Crippen molar-refractivity contribution in [3.8, 4) is 0 Å². The highest BCUT2D eigenvalue weighted by Gasteiger charge is 2.21. The number of hydrogen-bond acceptors (Lipinski definition) is 3. The van der Waals surface area contributed by atoms with Gasteiger partial charge in [-0.05, 0) is 5.57 Å². The van der Waals surface area contributed by atoms with Gasteiger partial charge in [0.15, 0.2) is 0 Å². The van der Waals surface area contributed by atoms with E-state index in [0.29, 0.717) is 0 Å². The van der Waals surface area contributed by atoms with Gasteiger partial charge in [-0.25, -0.2) is 0 Å². The molecule has 13 heavy (non-hydrogen) atoms. The van der Waals surface area contributed by atoms with E-state index in [1.54, 1.807) is 17.8 Å². The first-order valence-corrected chi connectivity index (χ1v) is 5.61. The van der Waals surface area contributed by atoms with Gasteiger partial charge in [-0.15, -0.1) is 23.4 Å². The van der Waals surface area contributed by atoms with E-state index in [1.807, 2.05) is 17.7 Å². The van der Waals surface area contributed by atoms with Crippen molar-refractivity contribution < 1.29 is 5.11 Å². The molecule has 0 bridgehead atoms. The molecule has 0 saturated heterocycles. The Morgan fingerprint density at radius 3 is 3.08 bits per heavy atom. The van der Waals surface area contributed by atoms with E-state index in [-0.39, 0.29) is 11.4 Å². The van der Waals surface area contributed by atoms with E-state index in [4.69, 9.17) is 11.6 Å². The maximum absolute atomic E-state index is 9.33. The Bertz CT molecular complexity index is 287. The Labute approximate surface area is 86.4 Å². The highest BCUT2D eigenvalue weighted by Crippen LogP contribution is 2.24. The summed E-state index contributed by atoms with van der Waals surface area (Å²) < 4.78 is 0. The van der Waals surface area contributed by atoms with Crippen molar-refractivity contribution >= 4 is 28.9 Å². The Kier molecular flexibility index (Phi) is 2.77. The molecule has 2 aliphatic rings. The third-order valence-electron chi connectivity index (χ3n) is 2.12. The van der Waals surface area contributed by atoms with Crippen molar-refractivity contribution in [2.24, 2.45) is 4.99 Å². The molecule has 0 radical (unpaired) electrons. The number of hydrogen-bond donors (Lipinski definition) is 1. The van der Waals surface area contributed by atoms with Crippen molar-refractivity contribution in [1.82, 2.24) is 0 Å². The molecule has 0 aromatic heterocycles. The molecule has 2 rings (SSSR count). The summed E-state index contributed by atoms with van der Waals surface area (Å²) >= 11 is 7.61. The lowest BCUT2D eigenvalue weighted by atomic mass is 10.00. The fourth-order valence-electron chi connectivity index (χ4n) is 1.35. The molecular weight excluding hydrogens is 206 g/mol. The van der Waals surface area contributed by atoms with Crippen LogP contribution in [0.2, 0.25) is 0 Å². The molecule has 2 nitrogen and oxygen atoms in total. The minimum absolute atomic E-state index is 0.231. The predicted octanol–water partition coefficient (Wildman–Crippen LogP) is 1.59. The van der Waals surface area contributed by atoms with E-state index in [2.05, 4.69) is 4.99 Å². The fourth-order valence-corrected chi connectivity index (χ4v) is 2.36. The average Bonchev–Trinajstić information content (AvgIpc) is 2.62. The molecule has 1 aliphatic heterocycles. The van der Waals surface area contributed by atoms with Gasteiger partial charge in [0.1, 0.15) is 0 Å². The van der Waals surface area contributed by atoms with Crippen LogP contribution in [0.5, 0.6) is 0 Å². The van der Waals surface area contributed by atoms with Gasteiger partial charge in [0, 0.05) is 5.75 Å². The van der Waals surface area contributed by atoms with Gasteiger partial charge in [-0.1, -0.05) is 18.2 Å². The number of alkyl halides is 1. The third-order valence-corrected chi connectivity index (χ3v) is 3.28. The summed E-state index contributed by atoms with van der Waals surface area (Å²) in [7, 11) is 0. The van der Waals surface area contributed by atoms with E-state index < -0.39 is 6.10 Å². The summed E-state index contributed by atoms with van der Waals surface area (Å²) in [5.74, 6) is 0.982. The second-order valence-corrected chi connectivity index (χ2v) is 4.45. The topological polar surface area (TPSA) is 32.6 Å². The number of aliphatic hydroxyl groups is 1. The lowest BCUT2D eigenvalue weighted by molar-refractivity contribution is 0.228. The van der Waals surface area contributed by atoms with Crippen LogP contribution in [0.1, 0.15) is 0 Å². The lowest BCUT2D eigenvalue weighted by Gasteiger charge is -2.18. The SMILES string of the molecule is OC1C=CC(C2CSC=N2)=CC1Cl. The molecule has 1 heterocycles. The van der Waals surface area contributed by atoms with Crippen LogP contribution in [0.4, 0.5) is 0 Å². The number of aliphatic imine (C=N–C) groups is 1. The van der Waals surface area contributed by atoms with Crippen molar-refractivity contribution in [3.05, 3.63) is 23.8 Å². The summed E-state index contributed by atoms with van der Waals surface area (Å²) in [6.45, 7) is 0. The van der Waals surface area contributed by atoms with Crippen molar-refractivity contribution in [3.63, 3.8) is 0 Å².